The molecule has 0 radical (unpaired) electrons. The first kappa shape index (κ1) is 15.6. The number of hydrogen-bond acceptors (Lipinski definition) is 1. The van der Waals surface area contributed by atoms with E-state index in [1.807, 2.05) is 6.92 Å². The molecule has 1 N–H and O–H groups in total. The van der Waals surface area contributed by atoms with Gasteiger partial charge in [-0.05, 0) is 69.4 Å². The predicted octanol–water partition coefficient (Wildman–Crippen LogP) is 4.09. The van der Waals surface area contributed by atoms with Crippen molar-refractivity contribution in [2.24, 2.45) is 23.7 Å². The molecule has 1 aliphatic rings. The van der Waals surface area contributed by atoms with Gasteiger partial charge in [-0.15, -0.1) is 11.8 Å². The molecule has 0 amide bonds. The summed E-state index contributed by atoms with van der Waals surface area (Å²) in [5.74, 6) is 9.86. The van der Waals surface area contributed by atoms with Gasteiger partial charge in [0.2, 0.25) is 0 Å². The summed E-state index contributed by atoms with van der Waals surface area (Å²) in [7, 11) is 0. The largest absolute Gasteiger partial charge is 0.317 e. The third-order valence-corrected chi connectivity index (χ3v) is 4.60. The van der Waals surface area contributed by atoms with Gasteiger partial charge in [-0.2, -0.15) is 0 Å². The highest BCUT2D eigenvalue weighted by Crippen LogP contribution is 2.39. The van der Waals surface area contributed by atoms with Crippen LogP contribution in [0.5, 0.6) is 0 Å². The molecule has 1 nitrogen and oxygen atoms in total. The quantitative estimate of drug-likeness (QED) is 0.699. The summed E-state index contributed by atoms with van der Waals surface area (Å²) in [5, 5.41) is 3.55. The van der Waals surface area contributed by atoms with Gasteiger partial charge in [-0.25, -0.2) is 0 Å². The summed E-state index contributed by atoms with van der Waals surface area (Å²) >= 11 is 0. The smallest absolute Gasteiger partial charge is 0.00913 e. The van der Waals surface area contributed by atoms with Crippen molar-refractivity contribution in [3.05, 3.63) is 0 Å². The van der Waals surface area contributed by atoms with Crippen LogP contribution in [-0.2, 0) is 0 Å². The zero-order valence-electron chi connectivity index (χ0n) is 12.8. The lowest BCUT2D eigenvalue weighted by atomic mass is 9.69. The van der Waals surface area contributed by atoms with Crippen molar-refractivity contribution >= 4 is 0 Å². The number of rotatable bonds is 6. The average Bonchev–Trinajstić information content (AvgIpc) is 2.37. The fourth-order valence-corrected chi connectivity index (χ4v) is 3.30. The second-order valence-electron chi connectivity index (χ2n) is 6.11. The van der Waals surface area contributed by atoms with Crippen LogP contribution < -0.4 is 5.32 Å². The van der Waals surface area contributed by atoms with Crippen LogP contribution in [-0.4, -0.2) is 13.1 Å². The van der Waals surface area contributed by atoms with E-state index < -0.39 is 0 Å². The third kappa shape index (κ3) is 5.02. The summed E-state index contributed by atoms with van der Waals surface area (Å²) in [5.41, 5.74) is 0. The van der Waals surface area contributed by atoms with Gasteiger partial charge >= 0.3 is 0 Å². The van der Waals surface area contributed by atoms with Gasteiger partial charge in [0, 0.05) is 6.42 Å². The van der Waals surface area contributed by atoms with Gasteiger partial charge in [0.25, 0.3) is 0 Å². The molecular weight excluding hydrogens is 218 g/mol. The number of nitrogens with one attached hydrogen (secondary N) is 1. The summed E-state index contributed by atoms with van der Waals surface area (Å²) in [6, 6.07) is 0. The van der Waals surface area contributed by atoms with Crippen molar-refractivity contribution in [3.8, 4) is 11.8 Å². The van der Waals surface area contributed by atoms with Gasteiger partial charge in [-0.1, -0.05) is 20.8 Å². The van der Waals surface area contributed by atoms with Crippen LogP contribution >= 0.6 is 0 Å². The van der Waals surface area contributed by atoms with Crippen LogP contribution in [0, 0.1) is 35.5 Å². The topological polar surface area (TPSA) is 12.0 Å². The predicted molar refractivity (Wildman–Crippen MR) is 80.4 cm³/mol. The second-order valence-corrected chi connectivity index (χ2v) is 6.11. The monoisotopic (exact) mass is 249 g/mol. The SMILES string of the molecule is CC#CCCC1CC(C(C)C)CCC1CNCC. The summed E-state index contributed by atoms with van der Waals surface area (Å²) in [6.45, 7) is 11.2. The van der Waals surface area contributed by atoms with E-state index in [0.717, 1.165) is 36.6 Å². The minimum absolute atomic E-state index is 0.852. The van der Waals surface area contributed by atoms with Crippen molar-refractivity contribution in [1.82, 2.24) is 5.32 Å². The minimum atomic E-state index is 0.852. The molecule has 1 saturated carbocycles. The van der Waals surface area contributed by atoms with Gasteiger partial charge in [0.15, 0.2) is 0 Å². The van der Waals surface area contributed by atoms with Crippen molar-refractivity contribution in [2.45, 2.75) is 59.8 Å². The first-order valence-electron chi connectivity index (χ1n) is 7.79. The van der Waals surface area contributed by atoms with E-state index in [-0.39, 0.29) is 0 Å². The van der Waals surface area contributed by atoms with Crippen LogP contribution in [0.3, 0.4) is 0 Å². The molecule has 0 heterocycles. The Morgan fingerprint density at radius 1 is 1.22 bits per heavy atom. The van der Waals surface area contributed by atoms with Gasteiger partial charge < -0.3 is 5.32 Å². The van der Waals surface area contributed by atoms with Crippen molar-refractivity contribution in [1.29, 1.82) is 0 Å². The highest BCUT2D eigenvalue weighted by Gasteiger charge is 2.30. The first-order valence-corrected chi connectivity index (χ1v) is 7.79. The minimum Gasteiger partial charge on any atom is -0.317 e. The molecule has 0 aromatic rings. The molecule has 0 spiro atoms. The standard InChI is InChI=1S/C17H31N/c1-5-7-8-9-16-12-15(14(3)4)10-11-17(16)13-18-6-2/h14-18H,6,8-13H2,1-4H3. The Morgan fingerprint density at radius 2 is 2.00 bits per heavy atom. The first-order chi connectivity index (χ1) is 8.69. The molecule has 0 aromatic carbocycles. The fourth-order valence-electron chi connectivity index (χ4n) is 3.30. The maximum atomic E-state index is 3.55. The van der Waals surface area contributed by atoms with Gasteiger partial charge in [0.1, 0.15) is 0 Å². The fraction of sp³-hybridized carbons (Fsp3) is 0.882. The van der Waals surface area contributed by atoms with E-state index in [4.69, 9.17) is 0 Å². The molecule has 0 aliphatic heterocycles. The molecule has 3 atom stereocenters. The molecule has 1 heteroatoms. The maximum absolute atomic E-state index is 3.55. The average molecular weight is 249 g/mol. The summed E-state index contributed by atoms with van der Waals surface area (Å²) in [6.07, 6.45) is 6.68. The van der Waals surface area contributed by atoms with E-state index in [0.29, 0.717) is 0 Å². The van der Waals surface area contributed by atoms with Crippen LogP contribution in [0.15, 0.2) is 0 Å². The summed E-state index contributed by atoms with van der Waals surface area (Å²) in [4.78, 5) is 0. The lowest BCUT2D eigenvalue weighted by molar-refractivity contribution is 0.139. The second kappa shape index (κ2) is 8.59. The lowest BCUT2D eigenvalue weighted by Crippen LogP contribution is -2.34. The van der Waals surface area contributed by atoms with Crippen molar-refractivity contribution < 1.29 is 0 Å². The molecule has 0 aromatic heterocycles. The Balaban J connectivity index is 2.50. The molecule has 0 bridgehead atoms. The Kier molecular flexibility index (Phi) is 7.44. The Hall–Kier alpha value is -0.480. The third-order valence-electron chi connectivity index (χ3n) is 4.60. The normalized spacial score (nSPS) is 27.9. The summed E-state index contributed by atoms with van der Waals surface area (Å²) < 4.78 is 0. The molecular formula is C17H31N. The van der Waals surface area contributed by atoms with E-state index in [1.165, 1.54) is 32.2 Å². The highest BCUT2D eigenvalue weighted by molar-refractivity contribution is 4.96. The molecule has 1 aliphatic carbocycles. The molecule has 3 unspecified atom stereocenters. The van der Waals surface area contributed by atoms with Crippen molar-refractivity contribution in [2.75, 3.05) is 13.1 Å². The molecule has 0 saturated heterocycles. The molecule has 1 fully saturated rings. The maximum Gasteiger partial charge on any atom is 0.00913 e. The van der Waals surface area contributed by atoms with E-state index in [9.17, 15) is 0 Å². The van der Waals surface area contributed by atoms with E-state index in [2.05, 4.69) is 37.9 Å². The van der Waals surface area contributed by atoms with Gasteiger partial charge in [0.05, 0.1) is 0 Å². The van der Waals surface area contributed by atoms with Crippen molar-refractivity contribution in [3.63, 3.8) is 0 Å². The zero-order chi connectivity index (χ0) is 13.4. The Bertz CT molecular complexity index is 271. The zero-order valence-corrected chi connectivity index (χ0v) is 12.8. The Labute approximate surface area is 114 Å². The van der Waals surface area contributed by atoms with Crippen LogP contribution in [0.25, 0.3) is 0 Å². The molecule has 104 valence electrons. The molecule has 1 rings (SSSR count). The van der Waals surface area contributed by atoms with Crippen LogP contribution in [0.1, 0.15) is 59.8 Å². The number of hydrogen-bond donors (Lipinski definition) is 1. The van der Waals surface area contributed by atoms with E-state index >= 15 is 0 Å². The van der Waals surface area contributed by atoms with E-state index in [1.54, 1.807) is 0 Å². The van der Waals surface area contributed by atoms with Gasteiger partial charge in [-0.3, -0.25) is 0 Å². The molecule has 18 heavy (non-hydrogen) atoms. The highest BCUT2D eigenvalue weighted by atomic mass is 14.8. The van der Waals surface area contributed by atoms with Crippen LogP contribution in [0.2, 0.25) is 0 Å². The lowest BCUT2D eigenvalue weighted by Gasteiger charge is -2.38. The Morgan fingerprint density at radius 3 is 2.61 bits per heavy atom. The van der Waals surface area contributed by atoms with Crippen LogP contribution in [0.4, 0.5) is 0 Å².